The third-order valence-electron chi connectivity index (χ3n) is 5.19. The fourth-order valence-corrected chi connectivity index (χ4v) is 4.26. The molecule has 0 atom stereocenters. The summed E-state index contributed by atoms with van der Waals surface area (Å²) in [6.45, 7) is 7.32. The van der Waals surface area contributed by atoms with Crippen molar-refractivity contribution in [1.29, 1.82) is 0 Å². The van der Waals surface area contributed by atoms with Crippen LogP contribution < -0.4 is 0 Å². The van der Waals surface area contributed by atoms with Crippen LogP contribution in [-0.2, 0) is 17.7 Å². The Hall–Kier alpha value is -2.92. The lowest BCUT2D eigenvalue weighted by Gasteiger charge is -2.19. The van der Waals surface area contributed by atoms with E-state index in [1.54, 1.807) is 23.9 Å². The van der Waals surface area contributed by atoms with Gasteiger partial charge in [0.25, 0.3) is 0 Å². The van der Waals surface area contributed by atoms with Crippen LogP contribution in [0.5, 0.6) is 0 Å². The number of aromatic nitrogens is 3. The number of benzene rings is 3. The van der Waals surface area contributed by atoms with Crippen molar-refractivity contribution < 1.29 is 4.39 Å². The van der Waals surface area contributed by atoms with Crippen LogP contribution in [0, 0.1) is 5.82 Å². The van der Waals surface area contributed by atoms with Crippen molar-refractivity contribution >= 4 is 11.8 Å². The van der Waals surface area contributed by atoms with Gasteiger partial charge in [-0.25, -0.2) is 4.39 Å². The Balaban J connectivity index is 1.60. The molecule has 4 rings (SSSR count). The maximum atomic E-state index is 13.4. The number of hydrogen-bond donors (Lipinski definition) is 0. The van der Waals surface area contributed by atoms with E-state index in [2.05, 4.69) is 71.9 Å². The van der Waals surface area contributed by atoms with Crippen LogP contribution in [0.25, 0.3) is 11.4 Å². The van der Waals surface area contributed by atoms with Crippen LogP contribution in [0.4, 0.5) is 4.39 Å². The molecule has 0 fully saturated rings. The standard InChI is InChI=1S/C26H26FN3S/c1-26(2,3)22-13-9-20(10-14-22)18-31-25-29-28-24(21-11-15-23(27)16-12-21)30(25)17-19-7-5-4-6-8-19/h4-16H,17-18H2,1-3H3. The number of nitrogens with zero attached hydrogens (tertiary/aromatic N) is 3. The summed E-state index contributed by atoms with van der Waals surface area (Å²) in [5.74, 6) is 1.29. The fraction of sp³-hybridized carbons (Fsp3) is 0.231. The maximum Gasteiger partial charge on any atom is 0.192 e. The van der Waals surface area contributed by atoms with Gasteiger partial charge in [-0.1, -0.05) is 87.1 Å². The smallest absolute Gasteiger partial charge is 0.192 e. The lowest BCUT2D eigenvalue weighted by atomic mass is 9.87. The average Bonchev–Trinajstić information content (AvgIpc) is 3.15. The van der Waals surface area contributed by atoms with E-state index < -0.39 is 0 Å². The van der Waals surface area contributed by atoms with E-state index in [0.717, 1.165) is 22.3 Å². The van der Waals surface area contributed by atoms with Gasteiger partial charge in [-0.05, 0) is 46.4 Å². The van der Waals surface area contributed by atoms with Crippen LogP contribution in [0.1, 0.15) is 37.5 Å². The molecule has 1 aromatic heterocycles. The molecule has 0 unspecified atom stereocenters. The van der Waals surface area contributed by atoms with Crippen LogP contribution in [0.15, 0.2) is 84.0 Å². The Labute approximate surface area is 187 Å². The molecule has 4 aromatic rings. The van der Waals surface area contributed by atoms with Crippen molar-refractivity contribution in [2.45, 2.75) is 43.6 Å². The summed E-state index contributed by atoms with van der Waals surface area (Å²) in [4.78, 5) is 0. The zero-order chi connectivity index (χ0) is 21.8. The first-order chi connectivity index (χ1) is 14.9. The normalized spacial score (nSPS) is 11.6. The van der Waals surface area contributed by atoms with E-state index >= 15 is 0 Å². The number of halogens is 1. The van der Waals surface area contributed by atoms with Crippen molar-refractivity contribution in [3.63, 3.8) is 0 Å². The van der Waals surface area contributed by atoms with Crippen molar-refractivity contribution in [2.24, 2.45) is 0 Å². The Morgan fingerprint density at radius 3 is 2.13 bits per heavy atom. The molecule has 0 saturated heterocycles. The first-order valence-corrected chi connectivity index (χ1v) is 11.3. The molecule has 0 saturated carbocycles. The molecule has 0 aliphatic rings. The Morgan fingerprint density at radius 2 is 1.48 bits per heavy atom. The zero-order valence-corrected chi connectivity index (χ0v) is 18.9. The molecule has 0 radical (unpaired) electrons. The molecule has 0 bridgehead atoms. The molecule has 3 aromatic carbocycles. The molecule has 31 heavy (non-hydrogen) atoms. The van der Waals surface area contributed by atoms with Gasteiger partial charge >= 0.3 is 0 Å². The Morgan fingerprint density at radius 1 is 0.806 bits per heavy atom. The molecule has 0 aliphatic carbocycles. The largest absolute Gasteiger partial charge is 0.298 e. The Kier molecular flexibility index (Phi) is 6.23. The lowest BCUT2D eigenvalue weighted by molar-refractivity contribution is 0.590. The topological polar surface area (TPSA) is 30.7 Å². The molecule has 0 N–H and O–H groups in total. The van der Waals surface area contributed by atoms with Gasteiger partial charge in [-0.15, -0.1) is 10.2 Å². The minimum Gasteiger partial charge on any atom is -0.298 e. The quantitative estimate of drug-likeness (QED) is 0.317. The Bertz CT molecular complexity index is 1130. The van der Waals surface area contributed by atoms with Crippen LogP contribution in [-0.4, -0.2) is 14.8 Å². The summed E-state index contributed by atoms with van der Waals surface area (Å²) < 4.78 is 15.5. The highest BCUT2D eigenvalue weighted by molar-refractivity contribution is 7.98. The molecule has 0 spiro atoms. The van der Waals surface area contributed by atoms with Gasteiger partial charge in [0.15, 0.2) is 11.0 Å². The minimum atomic E-state index is -0.258. The second-order valence-corrected chi connectivity index (χ2v) is 9.56. The summed E-state index contributed by atoms with van der Waals surface area (Å²) in [6.07, 6.45) is 0. The van der Waals surface area contributed by atoms with Crippen LogP contribution in [0.2, 0.25) is 0 Å². The summed E-state index contributed by atoms with van der Waals surface area (Å²) in [7, 11) is 0. The number of rotatable bonds is 6. The number of hydrogen-bond acceptors (Lipinski definition) is 3. The third-order valence-corrected chi connectivity index (χ3v) is 6.23. The summed E-state index contributed by atoms with van der Waals surface area (Å²) in [5.41, 5.74) is 4.74. The highest BCUT2D eigenvalue weighted by Gasteiger charge is 2.16. The van der Waals surface area contributed by atoms with Gasteiger partial charge in [0.2, 0.25) is 0 Å². The van der Waals surface area contributed by atoms with E-state index in [9.17, 15) is 4.39 Å². The number of thioether (sulfide) groups is 1. The average molecular weight is 432 g/mol. The van der Waals surface area contributed by atoms with Crippen molar-refractivity contribution in [3.05, 3.63) is 101 Å². The van der Waals surface area contributed by atoms with E-state index in [0.29, 0.717) is 6.54 Å². The third kappa shape index (κ3) is 5.23. The second-order valence-electron chi connectivity index (χ2n) is 8.62. The fourth-order valence-electron chi connectivity index (χ4n) is 3.37. The van der Waals surface area contributed by atoms with Gasteiger partial charge < -0.3 is 0 Å². The summed E-state index contributed by atoms with van der Waals surface area (Å²) >= 11 is 1.67. The molecule has 1 heterocycles. The molecule has 0 amide bonds. The first kappa shape index (κ1) is 21.3. The lowest BCUT2D eigenvalue weighted by Crippen LogP contribution is -2.10. The second kappa shape index (κ2) is 9.06. The molecule has 5 heteroatoms. The van der Waals surface area contributed by atoms with E-state index in [1.165, 1.54) is 28.8 Å². The minimum absolute atomic E-state index is 0.144. The first-order valence-electron chi connectivity index (χ1n) is 10.4. The van der Waals surface area contributed by atoms with Gasteiger partial charge in [0.1, 0.15) is 5.82 Å². The van der Waals surface area contributed by atoms with Crippen LogP contribution >= 0.6 is 11.8 Å². The summed E-state index contributed by atoms with van der Waals surface area (Å²) in [6, 6.07) is 25.4. The predicted octanol–water partition coefficient (Wildman–Crippen LogP) is 6.72. The van der Waals surface area contributed by atoms with Gasteiger partial charge in [0.05, 0.1) is 6.54 Å². The van der Waals surface area contributed by atoms with Gasteiger partial charge in [0, 0.05) is 11.3 Å². The van der Waals surface area contributed by atoms with Gasteiger partial charge in [-0.2, -0.15) is 0 Å². The monoisotopic (exact) mass is 431 g/mol. The van der Waals surface area contributed by atoms with Crippen molar-refractivity contribution in [2.75, 3.05) is 0 Å². The highest BCUT2D eigenvalue weighted by Crippen LogP contribution is 2.29. The molecular formula is C26H26FN3S. The van der Waals surface area contributed by atoms with E-state index in [-0.39, 0.29) is 11.2 Å². The highest BCUT2D eigenvalue weighted by atomic mass is 32.2. The van der Waals surface area contributed by atoms with E-state index in [4.69, 9.17) is 0 Å². The molecule has 3 nitrogen and oxygen atoms in total. The molecule has 0 aliphatic heterocycles. The van der Waals surface area contributed by atoms with Crippen molar-refractivity contribution in [3.8, 4) is 11.4 Å². The van der Waals surface area contributed by atoms with Gasteiger partial charge in [-0.3, -0.25) is 4.57 Å². The maximum absolute atomic E-state index is 13.4. The van der Waals surface area contributed by atoms with E-state index in [1.807, 2.05) is 18.2 Å². The molecule has 158 valence electrons. The van der Waals surface area contributed by atoms with Crippen LogP contribution in [0.3, 0.4) is 0 Å². The SMILES string of the molecule is CC(C)(C)c1ccc(CSc2nnc(-c3ccc(F)cc3)n2Cc2ccccc2)cc1. The summed E-state index contributed by atoms with van der Waals surface area (Å²) in [5, 5.41) is 9.76. The molecular weight excluding hydrogens is 405 g/mol. The zero-order valence-electron chi connectivity index (χ0n) is 18.0. The van der Waals surface area contributed by atoms with Crippen molar-refractivity contribution in [1.82, 2.24) is 14.8 Å². The predicted molar refractivity (Wildman–Crippen MR) is 126 cm³/mol.